The summed E-state index contributed by atoms with van der Waals surface area (Å²) in [6, 6.07) is 13.3. The molecule has 0 heterocycles. The molecule has 0 nitrogen and oxygen atoms in total. The number of hydrogen-bond acceptors (Lipinski definition) is 0. The summed E-state index contributed by atoms with van der Waals surface area (Å²) in [6.45, 7) is 2.34. The van der Waals surface area contributed by atoms with Crippen LogP contribution in [0.1, 0.15) is 30.4 Å². The fourth-order valence-corrected chi connectivity index (χ4v) is 4.07. The zero-order valence-electron chi connectivity index (χ0n) is 11.1. The van der Waals surface area contributed by atoms with Crippen molar-refractivity contribution < 1.29 is 0 Å². The Hall–Kier alpha value is -2.00. The molecule has 0 saturated heterocycles. The van der Waals surface area contributed by atoms with Gasteiger partial charge in [0.15, 0.2) is 0 Å². The maximum atomic E-state index is 5.70. The Labute approximate surface area is 114 Å². The molecule has 4 rings (SSSR count). The molecule has 0 aromatic heterocycles. The molecule has 92 valence electrons. The van der Waals surface area contributed by atoms with Gasteiger partial charge in [-0.15, -0.1) is 6.42 Å². The topological polar surface area (TPSA) is 0 Å². The number of benzene rings is 2. The van der Waals surface area contributed by atoms with Crippen LogP contribution >= 0.6 is 0 Å². The minimum atomic E-state index is 0.154. The van der Waals surface area contributed by atoms with Crippen molar-refractivity contribution >= 4 is 10.8 Å². The van der Waals surface area contributed by atoms with E-state index in [1.165, 1.54) is 27.5 Å². The van der Waals surface area contributed by atoms with Crippen molar-refractivity contribution in [2.45, 2.75) is 25.7 Å². The van der Waals surface area contributed by atoms with Gasteiger partial charge in [-0.05, 0) is 40.7 Å². The van der Waals surface area contributed by atoms with E-state index in [0.717, 1.165) is 12.8 Å². The van der Waals surface area contributed by atoms with E-state index in [1.807, 2.05) is 0 Å². The zero-order valence-corrected chi connectivity index (χ0v) is 11.1. The van der Waals surface area contributed by atoms with Gasteiger partial charge in [0.2, 0.25) is 0 Å². The first kappa shape index (κ1) is 10.9. The smallest absolute Gasteiger partial charge is 0.0113 e. The van der Waals surface area contributed by atoms with Crippen LogP contribution in [0.5, 0.6) is 0 Å². The van der Waals surface area contributed by atoms with Crippen LogP contribution in [0, 0.1) is 17.8 Å². The monoisotopic (exact) mass is 244 g/mol. The fraction of sp³-hybridized carbons (Fsp3) is 0.263. The average Bonchev–Trinajstić information content (AvgIpc) is 2.90. The lowest BCUT2D eigenvalue weighted by Gasteiger charge is -2.26. The third kappa shape index (κ3) is 1.25. The molecule has 2 aliphatic rings. The summed E-state index contributed by atoms with van der Waals surface area (Å²) in [7, 11) is 0. The van der Waals surface area contributed by atoms with Crippen LogP contribution in [-0.4, -0.2) is 0 Å². The average molecular weight is 244 g/mol. The van der Waals surface area contributed by atoms with Gasteiger partial charge in [0.25, 0.3) is 0 Å². The molecule has 19 heavy (non-hydrogen) atoms. The predicted molar refractivity (Wildman–Crippen MR) is 80.0 cm³/mol. The predicted octanol–water partition coefficient (Wildman–Crippen LogP) is 4.45. The Morgan fingerprint density at radius 2 is 2.05 bits per heavy atom. The first-order chi connectivity index (χ1) is 9.24. The SMILES string of the molecule is C#CC1=CCC2c3ccc4ccccc4c3CC12C. The third-order valence-electron chi connectivity index (χ3n) is 5.09. The molecular weight excluding hydrogens is 228 g/mol. The molecule has 0 heteroatoms. The molecule has 0 N–H and O–H groups in total. The van der Waals surface area contributed by atoms with Crippen LogP contribution in [0.25, 0.3) is 10.8 Å². The summed E-state index contributed by atoms with van der Waals surface area (Å²) in [4.78, 5) is 0. The first-order valence-electron chi connectivity index (χ1n) is 6.92. The van der Waals surface area contributed by atoms with Crippen LogP contribution in [0.2, 0.25) is 0 Å². The third-order valence-corrected chi connectivity index (χ3v) is 5.09. The van der Waals surface area contributed by atoms with Crippen LogP contribution in [0.15, 0.2) is 48.0 Å². The normalized spacial score (nSPS) is 27.8. The van der Waals surface area contributed by atoms with Crippen molar-refractivity contribution in [3.63, 3.8) is 0 Å². The lowest BCUT2D eigenvalue weighted by molar-refractivity contribution is 0.380. The summed E-state index contributed by atoms with van der Waals surface area (Å²) in [5.41, 5.74) is 4.40. The van der Waals surface area contributed by atoms with Crippen molar-refractivity contribution in [1.29, 1.82) is 0 Å². The van der Waals surface area contributed by atoms with Crippen molar-refractivity contribution in [1.82, 2.24) is 0 Å². The van der Waals surface area contributed by atoms with Crippen molar-refractivity contribution in [2.24, 2.45) is 5.41 Å². The molecule has 0 bridgehead atoms. The highest BCUT2D eigenvalue weighted by molar-refractivity contribution is 5.88. The Kier molecular flexibility index (Phi) is 2.01. The van der Waals surface area contributed by atoms with Crippen LogP contribution < -0.4 is 0 Å². The summed E-state index contributed by atoms with van der Waals surface area (Å²) < 4.78 is 0. The Balaban J connectivity index is 1.97. The van der Waals surface area contributed by atoms with E-state index >= 15 is 0 Å². The van der Waals surface area contributed by atoms with E-state index in [4.69, 9.17) is 6.42 Å². The van der Waals surface area contributed by atoms with Crippen LogP contribution in [0.3, 0.4) is 0 Å². The van der Waals surface area contributed by atoms with Gasteiger partial charge in [0.1, 0.15) is 0 Å². The van der Waals surface area contributed by atoms with E-state index in [1.54, 1.807) is 0 Å². The van der Waals surface area contributed by atoms with Gasteiger partial charge in [0.05, 0.1) is 0 Å². The zero-order chi connectivity index (χ0) is 13.0. The number of hydrogen-bond donors (Lipinski definition) is 0. The number of rotatable bonds is 0. The maximum Gasteiger partial charge on any atom is 0.0113 e. The molecule has 0 aliphatic heterocycles. The van der Waals surface area contributed by atoms with Gasteiger partial charge >= 0.3 is 0 Å². The Morgan fingerprint density at radius 1 is 1.21 bits per heavy atom. The molecule has 0 amide bonds. The lowest BCUT2D eigenvalue weighted by Crippen LogP contribution is -2.19. The van der Waals surface area contributed by atoms with Gasteiger partial charge in [0, 0.05) is 11.0 Å². The summed E-state index contributed by atoms with van der Waals surface area (Å²) in [5.74, 6) is 3.50. The highest BCUT2D eigenvalue weighted by Crippen LogP contribution is 2.58. The molecule has 2 aromatic rings. The van der Waals surface area contributed by atoms with Crippen LogP contribution in [-0.2, 0) is 6.42 Å². The van der Waals surface area contributed by atoms with E-state index < -0.39 is 0 Å². The minimum Gasteiger partial charge on any atom is -0.115 e. The molecule has 0 spiro atoms. The molecule has 2 aromatic carbocycles. The first-order valence-corrected chi connectivity index (χ1v) is 6.92. The lowest BCUT2D eigenvalue weighted by atomic mass is 9.76. The highest BCUT2D eigenvalue weighted by atomic mass is 14.5. The molecule has 2 atom stereocenters. The molecule has 2 unspecified atom stereocenters. The molecule has 0 saturated carbocycles. The van der Waals surface area contributed by atoms with Gasteiger partial charge in [-0.1, -0.05) is 55.3 Å². The summed E-state index contributed by atoms with van der Waals surface area (Å²) in [5, 5.41) is 2.75. The van der Waals surface area contributed by atoms with Gasteiger partial charge in [-0.3, -0.25) is 0 Å². The van der Waals surface area contributed by atoms with Crippen LogP contribution in [0.4, 0.5) is 0 Å². The molecule has 2 aliphatic carbocycles. The maximum absolute atomic E-state index is 5.70. The highest BCUT2D eigenvalue weighted by Gasteiger charge is 2.47. The Morgan fingerprint density at radius 3 is 2.89 bits per heavy atom. The second kappa shape index (κ2) is 3.52. The van der Waals surface area contributed by atoms with Crippen molar-refractivity contribution in [3.05, 3.63) is 59.2 Å². The van der Waals surface area contributed by atoms with Crippen molar-refractivity contribution in [2.75, 3.05) is 0 Å². The fourth-order valence-electron chi connectivity index (χ4n) is 4.07. The standard InChI is InChI=1S/C19H16/c1-3-14-9-11-18-16-10-8-13-6-4-5-7-15(13)17(16)12-19(14,18)2/h1,4-10,18H,11-12H2,2H3. The van der Waals surface area contributed by atoms with Crippen molar-refractivity contribution in [3.8, 4) is 12.3 Å². The van der Waals surface area contributed by atoms with Gasteiger partial charge in [-0.25, -0.2) is 0 Å². The van der Waals surface area contributed by atoms with Gasteiger partial charge in [-0.2, -0.15) is 0 Å². The minimum absolute atomic E-state index is 0.154. The number of terminal acetylenes is 1. The van der Waals surface area contributed by atoms with E-state index in [2.05, 4.69) is 55.3 Å². The molecular formula is C19H16. The summed E-state index contributed by atoms with van der Waals surface area (Å²) >= 11 is 0. The largest absolute Gasteiger partial charge is 0.115 e. The second-order valence-electron chi connectivity index (χ2n) is 6.00. The number of allylic oxidation sites excluding steroid dienone is 2. The second-order valence-corrected chi connectivity index (χ2v) is 6.00. The molecule has 0 fully saturated rings. The van der Waals surface area contributed by atoms with E-state index in [9.17, 15) is 0 Å². The van der Waals surface area contributed by atoms with E-state index in [0.29, 0.717) is 5.92 Å². The Bertz CT molecular complexity index is 757. The molecule has 0 radical (unpaired) electrons. The quantitative estimate of drug-likeness (QED) is 0.601. The summed E-state index contributed by atoms with van der Waals surface area (Å²) in [6.07, 6.45) is 10.2. The number of fused-ring (bicyclic) bond motifs is 5. The van der Waals surface area contributed by atoms with E-state index in [-0.39, 0.29) is 5.41 Å². The van der Waals surface area contributed by atoms with Gasteiger partial charge < -0.3 is 0 Å².